The quantitative estimate of drug-likeness (QED) is 0.257. The fraction of sp³-hybridized carbons (Fsp3) is 0.214. The number of rotatable bonds is 6. The molecule has 4 heterocycles. The number of nitrogens with zero attached hydrogens (tertiary/aromatic N) is 6. The number of carbonyl (C=O) groups excluding carboxylic acids is 2. The summed E-state index contributed by atoms with van der Waals surface area (Å²) in [4.78, 5) is 42.6. The summed E-state index contributed by atoms with van der Waals surface area (Å²) in [6, 6.07) is 15.6. The van der Waals surface area contributed by atoms with Gasteiger partial charge < -0.3 is 19.5 Å². The first-order valence-corrected chi connectivity index (χ1v) is 12.5. The van der Waals surface area contributed by atoms with E-state index in [1.54, 1.807) is 23.2 Å². The van der Waals surface area contributed by atoms with E-state index in [-0.39, 0.29) is 12.0 Å². The van der Waals surface area contributed by atoms with Crippen LogP contribution in [0.25, 0.3) is 33.1 Å². The highest BCUT2D eigenvalue weighted by Gasteiger charge is 2.30. The first kappa shape index (κ1) is 24.1. The Morgan fingerprint density at radius 3 is 2.72 bits per heavy atom. The standard InChI is InChI=1S/C28H24N8O3/c1-39-21-7-6-19(26-32-22(8-10-29)33-34-26)24-23(21)20(16-31-24)25(37)28(38)36-14-12-35(13-15-36)27-18-5-3-2-4-17(18)9-11-30-27/h2-7,9,11,16,31H,8,12-15H2,1H3,(H,32,33,34). The zero-order chi connectivity index (χ0) is 26.9. The first-order valence-electron chi connectivity index (χ1n) is 12.5. The number of pyridine rings is 1. The Balaban J connectivity index is 1.25. The molecule has 1 aliphatic heterocycles. The Labute approximate surface area is 223 Å². The molecule has 2 aromatic carbocycles. The minimum Gasteiger partial charge on any atom is -0.496 e. The molecule has 0 radical (unpaired) electrons. The fourth-order valence-corrected chi connectivity index (χ4v) is 5.07. The topological polar surface area (TPSA) is 144 Å². The van der Waals surface area contributed by atoms with Crippen LogP contribution in [0.3, 0.4) is 0 Å². The summed E-state index contributed by atoms with van der Waals surface area (Å²) in [6.07, 6.45) is 3.39. The van der Waals surface area contributed by atoms with Crippen molar-refractivity contribution < 1.29 is 14.3 Å². The van der Waals surface area contributed by atoms with Gasteiger partial charge in [-0.15, -0.1) is 0 Å². The Morgan fingerprint density at radius 1 is 1.10 bits per heavy atom. The molecule has 6 rings (SSSR count). The average Bonchev–Trinajstić information content (AvgIpc) is 3.64. The third-order valence-corrected chi connectivity index (χ3v) is 7.00. The number of nitriles is 1. The second-order valence-electron chi connectivity index (χ2n) is 9.17. The van der Waals surface area contributed by atoms with E-state index < -0.39 is 11.7 Å². The van der Waals surface area contributed by atoms with E-state index >= 15 is 0 Å². The number of Topliss-reactive ketones (excluding diaryl/α,β-unsaturated/α-hetero) is 1. The normalized spacial score (nSPS) is 13.5. The van der Waals surface area contributed by atoms with Crippen molar-refractivity contribution >= 4 is 39.2 Å². The van der Waals surface area contributed by atoms with Gasteiger partial charge in [-0.2, -0.15) is 10.4 Å². The van der Waals surface area contributed by atoms with E-state index in [1.165, 1.54) is 13.3 Å². The largest absolute Gasteiger partial charge is 0.496 e. The molecule has 1 aliphatic rings. The number of fused-ring (bicyclic) bond motifs is 2. The van der Waals surface area contributed by atoms with Crippen molar-refractivity contribution in [1.82, 2.24) is 30.0 Å². The molecule has 3 aromatic heterocycles. The molecule has 0 bridgehead atoms. The van der Waals surface area contributed by atoms with Crippen LogP contribution in [0.4, 0.5) is 5.82 Å². The maximum Gasteiger partial charge on any atom is 0.295 e. The number of nitrogens with one attached hydrogen (secondary N) is 2. The van der Waals surface area contributed by atoms with E-state index in [9.17, 15) is 9.59 Å². The molecule has 1 amide bonds. The average molecular weight is 521 g/mol. The summed E-state index contributed by atoms with van der Waals surface area (Å²) < 4.78 is 5.53. The summed E-state index contributed by atoms with van der Waals surface area (Å²) in [5.41, 5.74) is 1.45. The fourth-order valence-electron chi connectivity index (χ4n) is 5.07. The molecule has 5 aromatic rings. The maximum atomic E-state index is 13.5. The van der Waals surface area contributed by atoms with Crippen molar-refractivity contribution in [2.45, 2.75) is 6.42 Å². The molecule has 0 saturated carbocycles. The zero-order valence-corrected chi connectivity index (χ0v) is 21.1. The van der Waals surface area contributed by atoms with Crippen LogP contribution in [-0.4, -0.2) is 75.0 Å². The van der Waals surface area contributed by atoms with E-state index in [0.717, 1.165) is 16.6 Å². The van der Waals surface area contributed by atoms with Gasteiger partial charge in [0.15, 0.2) is 11.6 Å². The maximum absolute atomic E-state index is 13.5. The summed E-state index contributed by atoms with van der Waals surface area (Å²) in [6.45, 7) is 1.94. The van der Waals surface area contributed by atoms with Gasteiger partial charge in [0.05, 0.1) is 36.1 Å². The molecule has 39 heavy (non-hydrogen) atoms. The number of piperazine rings is 1. The molecular weight excluding hydrogens is 496 g/mol. The van der Waals surface area contributed by atoms with Gasteiger partial charge >= 0.3 is 0 Å². The van der Waals surface area contributed by atoms with Gasteiger partial charge in [0.1, 0.15) is 11.6 Å². The molecule has 0 atom stereocenters. The number of aromatic amines is 2. The molecule has 11 nitrogen and oxygen atoms in total. The summed E-state index contributed by atoms with van der Waals surface area (Å²) in [5.74, 6) is 0.965. The molecule has 1 saturated heterocycles. The van der Waals surface area contributed by atoms with Crippen LogP contribution in [0, 0.1) is 11.3 Å². The van der Waals surface area contributed by atoms with E-state index in [4.69, 9.17) is 10.00 Å². The van der Waals surface area contributed by atoms with Crippen molar-refractivity contribution in [3.63, 3.8) is 0 Å². The van der Waals surface area contributed by atoms with Crippen LogP contribution in [0.1, 0.15) is 16.2 Å². The zero-order valence-electron chi connectivity index (χ0n) is 21.1. The lowest BCUT2D eigenvalue weighted by Gasteiger charge is -2.35. The third-order valence-electron chi connectivity index (χ3n) is 7.00. The van der Waals surface area contributed by atoms with Gasteiger partial charge in [0, 0.05) is 49.5 Å². The predicted octanol–water partition coefficient (Wildman–Crippen LogP) is 3.11. The highest BCUT2D eigenvalue weighted by Crippen LogP contribution is 2.35. The van der Waals surface area contributed by atoms with Crippen LogP contribution in [0.2, 0.25) is 0 Å². The number of methoxy groups -OCH3 is 1. The minimum atomic E-state index is -0.615. The summed E-state index contributed by atoms with van der Waals surface area (Å²) in [7, 11) is 1.51. The van der Waals surface area contributed by atoms with Crippen LogP contribution in [0.15, 0.2) is 54.9 Å². The lowest BCUT2D eigenvalue weighted by Crippen LogP contribution is -2.50. The van der Waals surface area contributed by atoms with Gasteiger partial charge in [-0.05, 0) is 23.6 Å². The lowest BCUT2D eigenvalue weighted by molar-refractivity contribution is -0.126. The second-order valence-corrected chi connectivity index (χ2v) is 9.17. The molecule has 0 aliphatic carbocycles. The molecule has 11 heteroatoms. The number of anilines is 1. The van der Waals surface area contributed by atoms with Crippen molar-refractivity contribution in [1.29, 1.82) is 5.26 Å². The number of amides is 1. The Kier molecular flexibility index (Phi) is 6.13. The Hall–Kier alpha value is -5.24. The number of aromatic nitrogens is 5. The highest BCUT2D eigenvalue weighted by molar-refractivity contribution is 6.45. The van der Waals surface area contributed by atoms with Crippen LogP contribution in [0.5, 0.6) is 5.75 Å². The highest BCUT2D eigenvalue weighted by atomic mass is 16.5. The van der Waals surface area contributed by atoms with Crippen LogP contribution < -0.4 is 9.64 Å². The van der Waals surface area contributed by atoms with Gasteiger partial charge in [0.2, 0.25) is 0 Å². The SMILES string of the molecule is COc1ccc(-c2nc(CC#N)n[nH]2)c2[nH]cc(C(=O)C(=O)N3CCN(c4nccc5ccccc45)CC3)c12. The number of carbonyl (C=O) groups is 2. The minimum absolute atomic E-state index is 0.0720. The number of hydrogen-bond donors (Lipinski definition) is 2. The molecule has 0 unspecified atom stereocenters. The monoisotopic (exact) mass is 520 g/mol. The van der Waals surface area contributed by atoms with Crippen LogP contribution >= 0.6 is 0 Å². The molecule has 1 fully saturated rings. The van der Waals surface area contributed by atoms with Crippen molar-refractivity contribution in [3.8, 4) is 23.2 Å². The van der Waals surface area contributed by atoms with Gasteiger partial charge in [-0.25, -0.2) is 9.97 Å². The van der Waals surface area contributed by atoms with Crippen molar-refractivity contribution in [3.05, 3.63) is 66.2 Å². The van der Waals surface area contributed by atoms with E-state index in [0.29, 0.717) is 60.0 Å². The predicted molar refractivity (Wildman–Crippen MR) is 144 cm³/mol. The van der Waals surface area contributed by atoms with Gasteiger partial charge in [-0.1, -0.05) is 24.3 Å². The molecule has 0 spiro atoms. The Bertz CT molecular complexity index is 1750. The van der Waals surface area contributed by atoms with Gasteiger partial charge in [0.25, 0.3) is 11.7 Å². The second kappa shape index (κ2) is 9.90. The van der Waals surface area contributed by atoms with E-state index in [2.05, 4.69) is 30.0 Å². The molecular formula is C28H24N8O3. The van der Waals surface area contributed by atoms with Crippen molar-refractivity contribution in [2.75, 3.05) is 38.2 Å². The summed E-state index contributed by atoms with van der Waals surface area (Å²) in [5, 5.41) is 18.5. The van der Waals surface area contributed by atoms with Crippen LogP contribution in [-0.2, 0) is 11.2 Å². The number of H-pyrrole nitrogens is 2. The number of ether oxygens (including phenoxy) is 1. The van der Waals surface area contributed by atoms with Gasteiger partial charge in [-0.3, -0.25) is 14.7 Å². The van der Waals surface area contributed by atoms with E-state index in [1.807, 2.05) is 36.4 Å². The molecule has 2 N–H and O–H groups in total. The number of hydrogen-bond acceptors (Lipinski definition) is 8. The molecule has 194 valence electrons. The van der Waals surface area contributed by atoms with Crippen molar-refractivity contribution in [2.24, 2.45) is 0 Å². The Morgan fingerprint density at radius 2 is 1.92 bits per heavy atom. The number of ketones is 1. The third kappa shape index (κ3) is 4.21. The first-order chi connectivity index (χ1) is 19.1. The smallest absolute Gasteiger partial charge is 0.295 e. The summed E-state index contributed by atoms with van der Waals surface area (Å²) >= 11 is 0. The number of benzene rings is 2. The lowest BCUT2D eigenvalue weighted by atomic mass is 10.0.